The number of benzene rings is 1. The second kappa shape index (κ2) is 7.74. The highest BCUT2D eigenvalue weighted by molar-refractivity contribution is 5.97. The summed E-state index contributed by atoms with van der Waals surface area (Å²) in [5.74, 6) is 0.404. The van der Waals surface area contributed by atoms with Crippen LogP contribution >= 0.6 is 0 Å². The standard InChI is InChI=1S/C21H18F3N5O/c1-2-17(30)29-11-9-15(12-29)26-20-16-4-3-10-25-19(16)18(27-28-20)13-5-7-14(8-6-13)21(22,23)24/h2-8,10,15H,1,9,11-12H2,(H,26,28). The molecule has 1 amide bonds. The van der Waals surface area contributed by atoms with Crippen molar-refractivity contribution in [1.29, 1.82) is 0 Å². The average Bonchev–Trinajstić information content (AvgIpc) is 3.21. The van der Waals surface area contributed by atoms with Gasteiger partial charge in [-0.25, -0.2) is 0 Å². The Balaban J connectivity index is 1.64. The molecule has 154 valence electrons. The third-order valence-corrected chi connectivity index (χ3v) is 5.04. The number of halogens is 3. The second-order valence-corrected chi connectivity index (χ2v) is 6.99. The van der Waals surface area contributed by atoms with Gasteiger partial charge in [0.25, 0.3) is 0 Å². The largest absolute Gasteiger partial charge is 0.416 e. The van der Waals surface area contributed by atoms with Crippen LogP contribution in [0.25, 0.3) is 22.2 Å². The number of aromatic nitrogens is 3. The Morgan fingerprint density at radius 2 is 1.97 bits per heavy atom. The van der Waals surface area contributed by atoms with Gasteiger partial charge in [0.05, 0.1) is 5.56 Å². The molecule has 30 heavy (non-hydrogen) atoms. The summed E-state index contributed by atoms with van der Waals surface area (Å²) >= 11 is 0. The first-order valence-corrected chi connectivity index (χ1v) is 9.33. The van der Waals surface area contributed by atoms with Gasteiger partial charge in [-0.3, -0.25) is 9.78 Å². The Morgan fingerprint density at radius 3 is 2.67 bits per heavy atom. The van der Waals surface area contributed by atoms with E-state index in [9.17, 15) is 18.0 Å². The van der Waals surface area contributed by atoms with E-state index in [4.69, 9.17) is 0 Å². The minimum atomic E-state index is -4.40. The number of rotatable bonds is 4. The molecule has 0 saturated carbocycles. The zero-order valence-electron chi connectivity index (χ0n) is 15.9. The molecule has 2 aromatic heterocycles. The van der Waals surface area contributed by atoms with E-state index >= 15 is 0 Å². The Hall–Kier alpha value is -3.49. The third-order valence-electron chi connectivity index (χ3n) is 5.04. The number of hydrogen-bond acceptors (Lipinski definition) is 5. The first kappa shape index (κ1) is 19.8. The number of alkyl halides is 3. The van der Waals surface area contributed by atoms with Crippen LogP contribution in [0.1, 0.15) is 12.0 Å². The fourth-order valence-electron chi connectivity index (χ4n) is 3.51. The van der Waals surface area contributed by atoms with Crippen molar-refractivity contribution in [2.24, 2.45) is 0 Å². The van der Waals surface area contributed by atoms with Crippen molar-refractivity contribution in [2.45, 2.75) is 18.6 Å². The fraction of sp³-hybridized carbons (Fsp3) is 0.238. The summed E-state index contributed by atoms with van der Waals surface area (Å²) in [7, 11) is 0. The molecule has 3 aromatic rings. The van der Waals surface area contributed by atoms with E-state index in [2.05, 4.69) is 27.1 Å². The molecule has 3 heterocycles. The first-order valence-electron chi connectivity index (χ1n) is 9.33. The van der Waals surface area contributed by atoms with Crippen LogP contribution in [0, 0.1) is 0 Å². The van der Waals surface area contributed by atoms with Gasteiger partial charge in [-0.15, -0.1) is 10.2 Å². The van der Waals surface area contributed by atoms with Crippen molar-refractivity contribution in [1.82, 2.24) is 20.1 Å². The van der Waals surface area contributed by atoms with E-state index in [0.29, 0.717) is 41.1 Å². The number of nitrogens with zero attached hydrogens (tertiary/aromatic N) is 4. The third kappa shape index (κ3) is 3.83. The molecule has 0 bridgehead atoms. The van der Waals surface area contributed by atoms with Crippen molar-refractivity contribution in [3.8, 4) is 11.3 Å². The minimum Gasteiger partial charge on any atom is -0.363 e. The monoisotopic (exact) mass is 413 g/mol. The molecule has 1 atom stereocenters. The zero-order valence-corrected chi connectivity index (χ0v) is 15.9. The summed E-state index contributed by atoms with van der Waals surface area (Å²) in [5.41, 5.74) is 0.704. The normalized spacial score (nSPS) is 16.6. The number of carbonyl (C=O) groups excluding carboxylic acids is 1. The number of likely N-dealkylation sites (tertiary alicyclic amines) is 1. The Morgan fingerprint density at radius 1 is 1.20 bits per heavy atom. The van der Waals surface area contributed by atoms with Crippen LogP contribution < -0.4 is 5.32 Å². The molecule has 6 nitrogen and oxygen atoms in total. The molecule has 1 fully saturated rings. The van der Waals surface area contributed by atoms with Crippen LogP contribution in [0.2, 0.25) is 0 Å². The smallest absolute Gasteiger partial charge is 0.363 e. The number of amides is 1. The summed E-state index contributed by atoms with van der Waals surface area (Å²) in [4.78, 5) is 17.9. The van der Waals surface area contributed by atoms with Crippen LogP contribution in [0.15, 0.2) is 55.3 Å². The van der Waals surface area contributed by atoms with Crippen LogP contribution in [0.5, 0.6) is 0 Å². The highest BCUT2D eigenvalue weighted by Crippen LogP contribution is 2.33. The summed E-state index contributed by atoms with van der Waals surface area (Å²) in [5, 5.41) is 12.5. The zero-order chi connectivity index (χ0) is 21.3. The molecular weight excluding hydrogens is 395 g/mol. The van der Waals surface area contributed by atoms with Crippen LogP contribution in [0.4, 0.5) is 19.0 Å². The molecule has 1 aliphatic heterocycles. The predicted molar refractivity (Wildman–Crippen MR) is 107 cm³/mol. The van der Waals surface area contributed by atoms with Gasteiger partial charge in [-0.2, -0.15) is 13.2 Å². The molecule has 1 saturated heterocycles. The van der Waals surface area contributed by atoms with Crippen LogP contribution in [-0.4, -0.2) is 45.1 Å². The lowest BCUT2D eigenvalue weighted by molar-refractivity contribution is -0.137. The maximum Gasteiger partial charge on any atom is 0.416 e. The average molecular weight is 413 g/mol. The molecular formula is C21H18F3N5O. The first-order chi connectivity index (χ1) is 14.4. The number of nitrogens with one attached hydrogen (secondary N) is 1. The molecule has 0 spiro atoms. The lowest BCUT2D eigenvalue weighted by Gasteiger charge is -2.17. The van der Waals surface area contributed by atoms with Gasteiger partial charge in [0.2, 0.25) is 5.91 Å². The number of hydrogen-bond donors (Lipinski definition) is 1. The summed E-state index contributed by atoms with van der Waals surface area (Å²) in [6, 6.07) is 8.35. The van der Waals surface area contributed by atoms with E-state index in [0.717, 1.165) is 18.6 Å². The van der Waals surface area contributed by atoms with E-state index in [1.807, 2.05) is 6.07 Å². The molecule has 4 rings (SSSR count). The topological polar surface area (TPSA) is 71.0 Å². The Labute approximate surface area is 170 Å². The molecule has 0 aliphatic carbocycles. The molecule has 1 N–H and O–H groups in total. The van der Waals surface area contributed by atoms with E-state index in [1.165, 1.54) is 18.2 Å². The Kier molecular flexibility index (Phi) is 5.11. The van der Waals surface area contributed by atoms with Crippen LogP contribution in [0.3, 0.4) is 0 Å². The van der Waals surface area contributed by atoms with Gasteiger partial charge in [0.1, 0.15) is 11.2 Å². The number of carbonyl (C=O) groups is 1. The fourth-order valence-corrected chi connectivity index (χ4v) is 3.51. The molecule has 1 unspecified atom stereocenters. The van der Waals surface area contributed by atoms with E-state index < -0.39 is 11.7 Å². The van der Waals surface area contributed by atoms with Gasteiger partial charge in [0.15, 0.2) is 5.82 Å². The maximum atomic E-state index is 12.8. The van der Waals surface area contributed by atoms with Gasteiger partial charge in [-0.1, -0.05) is 18.7 Å². The van der Waals surface area contributed by atoms with Gasteiger partial charge >= 0.3 is 6.18 Å². The predicted octanol–water partition coefficient (Wildman–Crippen LogP) is 3.91. The minimum absolute atomic E-state index is 0.00326. The van der Waals surface area contributed by atoms with E-state index in [1.54, 1.807) is 17.2 Å². The number of anilines is 1. The van der Waals surface area contributed by atoms with Crippen molar-refractivity contribution < 1.29 is 18.0 Å². The quantitative estimate of drug-likeness (QED) is 0.657. The highest BCUT2D eigenvalue weighted by atomic mass is 19.4. The lowest BCUT2D eigenvalue weighted by atomic mass is 10.1. The molecule has 0 radical (unpaired) electrons. The van der Waals surface area contributed by atoms with E-state index in [-0.39, 0.29) is 11.9 Å². The summed E-state index contributed by atoms with van der Waals surface area (Å²) < 4.78 is 38.5. The number of fused-ring (bicyclic) bond motifs is 1. The Bertz CT molecular complexity index is 1100. The maximum absolute atomic E-state index is 12.8. The van der Waals surface area contributed by atoms with Gasteiger partial charge in [-0.05, 0) is 36.8 Å². The molecule has 9 heteroatoms. The van der Waals surface area contributed by atoms with Crippen molar-refractivity contribution in [3.05, 3.63) is 60.8 Å². The van der Waals surface area contributed by atoms with Gasteiger partial charge in [0, 0.05) is 36.3 Å². The lowest BCUT2D eigenvalue weighted by Crippen LogP contribution is -2.30. The van der Waals surface area contributed by atoms with Crippen LogP contribution in [-0.2, 0) is 11.0 Å². The van der Waals surface area contributed by atoms with Gasteiger partial charge < -0.3 is 10.2 Å². The summed E-state index contributed by atoms with van der Waals surface area (Å²) in [6.07, 6.45) is -0.758. The van der Waals surface area contributed by atoms with Crippen molar-refractivity contribution in [2.75, 3.05) is 18.4 Å². The van der Waals surface area contributed by atoms with Crippen molar-refractivity contribution >= 4 is 22.6 Å². The SMILES string of the molecule is C=CC(=O)N1CCC(Nc2nnc(-c3ccc(C(F)(F)F)cc3)c3ncccc23)C1. The molecule has 1 aliphatic rings. The second-order valence-electron chi connectivity index (χ2n) is 6.99. The highest BCUT2D eigenvalue weighted by Gasteiger charge is 2.30. The summed E-state index contributed by atoms with van der Waals surface area (Å²) in [6.45, 7) is 4.65. The molecule has 1 aromatic carbocycles. The van der Waals surface area contributed by atoms with Crippen molar-refractivity contribution in [3.63, 3.8) is 0 Å². The number of pyridine rings is 1.